The number of hydrogen-bond acceptors (Lipinski definition) is 3. The average molecular weight is 207 g/mol. The normalized spacial score (nSPS) is 11.8. The number of nitriles is 1. The lowest BCUT2D eigenvalue weighted by atomic mass is 10.2. The molecule has 0 bridgehead atoms. The number of carbonyl (C=O) groups excluding carboxylic acids is 1. The summed E-state index contributed by atoms with van der Waals surface area (Å²) in [6.45, 7) is 2.29. The van der Waals surface area contributed by atoms with Gasteiger partial charge in [-0.25, -0.2) is 0 Å². The Morgan fingerprint density at radius 1 is 1.80 bits per heavy atom. The smallest absolute Gasteiger partial charge is 0.252 e. The molecule has 0 saturated heterocycles. The second-order valence-electron chi connectivity index (χ2n) is 3.41. The third-order valence-corrected chi connectivity index (χ3v) is 1.99. The van der Waals surface area contributed by atoms with E-state index in [0.29, 0.717) is 17.8 Å². The summed E-state index contributed by atoms with van der Waals surface area (Å²) < 4.78 is 0. The molecule has 3 N–H and O–H groups in total. The summed E-state index contributed by atoms with van der Waals surface area (Å²) >= 11 is 0. The van der Waals surface area contributed by atoms with Gasteiger partial charge >= 0.3 is 0 Å². The van der Waals surface area contributed by atoms with Gasteiger partial charge in [0.1, 0.15) is 11.8 Å². The summed E-state index contributed by atoms with van der Waals surface area (Å²) in [6, 6.07) is 3.39. The molecule has 15 heavy (non-hydrogen) atoms. The first kappa shape index (κ1) is 11.3. The lowest BCUT2D eigenvalue weighted by Gasteiger charge is -2.08. The number of carbonyl (C=O) groups is 1. The molecule has 1 aromatic heterocycles. The van der Waals surface area contributed by atoms with Gasteiger partial charge < -0.3 is 15.4 Å². The van der Waals surface area contributed by atoms with Crippen molar-refractivity contribution in [1.29, 1.82) is 5.26 Å². The predicted octanol–water partition coefficient (Wildman–Crippen LogP) is 0.245. The zero-order valence-corrected chi connectivity index (χ0v) is 8.45. The second-order valence-corrected chi connectivity index (χ2v) is 3.41. The van der Waals surface area contributed by atoms with Crippen molar-refractivity contribution in [3.05, 3.63) is 23.5 Å². The van der Waals surface area contributed by atoms with Crippen LogP contribution in [0.1, 0.15) is 23.0 Å². The van der Waals surface area contributed by atoms with Gasteiger partial charge in [0.15, 0.2) is 0 Å². The first-order chi connectivity index (χ1) is 7.17. The zero-order chi connectivity index (χ0) is 11.3. The van der Waals surface area contributed by atoms with Crippen molar-refractivity contribution in [3.8, 4) is 6.07 Å². The third-order valence-electron chi connectivity index (χ3n) is 1.99. The summed E-state index contributed by atoms with van der Waals surface area (Å²) in [5, 5.41) is 20.0. The molecule has 1 amide bonds. The van der Waals surface area contributed by atoms with E-state index in [1.165, 1.54) is 12.3 Å². The molecule has 80 valence electrons. The fourth-order valence-electron chi connectivity index (χ4n) is 1.02. The van der Waals surface area contributed by atoms with E-state index in [4.69, 9.17) is 10.4 Å². The van der Waals surface area contributed by atoms with Gasteiger partial charge in [-0.05, 0) is 12.0 Å². The summed E-state index contributed by atoms with van der Waals surface area (Å²) in [5.41, 5.74) is 0.784. The second kappa shape index (κ2) is 5.17. The first-order valence-electron chi connectivity index (χ1n) is 4.65. The molecule has 5 heteroatoms. The molecule has 0 spiro atoms. The Bertz CT molecular complexity index is 378. The number of nitrogens with one attached hydrogen (secondary N) is 2. The molecule has 1 atom stereocenters. The molecule has 1 rings (SSSR count). The molecule has 0 radical (unpaired) electrons. The molecule has 1 heterocycles. The number of aliphatic hydroxyl groups excluding tert-OH is 1. The number of amides is 1. The molecule has 0 aromatic carbocycles. The number of aromatic amines is 1. The molecule has 0 saturated carbocycles. The Labute approximate surface area is 87.7 Å². The fraction of sp³-hybridized carbons (Fsp3) is 0.400. The highest BCUT2D eigenvalue weighted by molar-refractivity contribution is 5.94. The number of nitrogens with zero attached hydrogens (tertiary/aromatic N) is 1. The van der Waals surface area contributed by atoms with E-state index in [0.717, 1.165) is 0 Å². The van der Waals surface area contributed by atoms with Crippen LogP contribution in [-0.4, -0.2) is 29.1 Å². The van der Waals surface area contributed by atoms with E-state index in [2.05, 4.69) is 10.3 Å². The monoisotopic (exact) mass is 207 g/mol. The standard InChI is InChI=1S/C10H13N3O2/c1-7(6-14)4-13-10(15)8-2-9(3-11)12-5-8/h2,5,7,12,14H,4,6H2,1H3,(H,13,15). The predicted molar refractivity (Wildman–Crippen MR) is 54.1 cm³/mol. The SMILES string of the molecule is CC(CO)CNC(=O)c1c[nH]c(C#N)c1. The van der Waals surface area contributed by atoms with Crippen LogP contribution in [0.15, 0.2) is 12.3 Å². The molecule has 5 nitrogen and oxygen atoms in total. The van der Waals surface area contributed by atoms with Gasteiger partial charge in [-0.1, -0.05) is 6.92 Å². The van der Waals surface area contributed by atoms with Crippen LogP contribution in [0.25, 0.3) is 0 Å². The maximum atomic E-state index is 11.5. The summed E-state index contributed by atoms with van der Waals surface area (Å²) in [5.74, 6) is -0.212. The van der Waals surface area contributed by atoms with Crippen molar-refractivity contribution in [2.24, 2.45) is 5.92 Å². The average Bonchev–Trinajstić information content (AvgIpc) is 2.73. The molecule has 0 aliphatic heterocycles. The molecular formula is C10H13N3O2. The number of rotatable bonds is 4. The molecule has 1 aromatic rings. The molecule has 1 unspecified atom stereocenters. The van der Waals surface area contributed by atoms with Crippen LogP contribution in [0, 0.1) is 17.2 Å². The van der Waals surface area contributed by atoms with Crippen molar-refractivity contribution in [2.75, 3.05) is 13.2 Å². The van der Waals surface area contributed by atoms with Gasteiger partial charge in [-0.15, -0.1) is 0 Å². The van der Waals surface area contributed by atoms with Gasteiger partial charge in [-0.3, -0.25) is 4.79 Å². The summed E-state index contributed by atoms with van der Waals surface area (Å²) in [6.07, 6.45) is 1.48. The van der Waals surface area contributed by atoms with E-state index in [-0.39, 0.29) is 18.4 Å². The van der Waals surface area contributed by atoms with E-state index >= 15 is 0 Å². The van der Waals surface area contributed by atoms with Crippen molar-refractivity contribution in [1.82, 2.24) is 10.3 Å². The Morgan fingerprint density at radius 2 is 2.53 bits per heavy atom. The topological polar surface area (TPSA) is 88.9 Å². The van der Waals surface area contributed by atoms with Crippen LogP contribution >= 0.6 is 0 Å². The van der Waals surface area contributed by atoms with Crippen molar-refractivity contribution < 1.29 is 9.90 Å². The van der Waals surface area contributed by atoms with Crippen LogP contribution in [0.3, 0.4) is 0 Å². The number of hydrogen-bond donors (Lipinski definition) is 3. The first-order valence-corrected chi connectivity index (χ1v) is 4.65. The van der Waals surface area contributed by atoms with Crippen molar-refractivity contribution >= 4 is 5.91 Å². The van der Waals surface area contributed by atoms with E-state index in [1.807, 2.05) is 13.0 Å². The molecule has 0 aliphatic carbocycles. The van der Waals surface area contributed by atoms with E-state index in [9.17, 15) is 4.79 Å². The van der Waals surface area contributed by atoms with Crippen LogP contribution in [-0.2, 0) is 0 Å². The van der Waals surface area contributed by atoms with Gasteiger partial charge in [-0.2, -0.15) is 5.26 Å². The zero-order valence-electron chi connectivity index (χ0n) is 8.45. The number of aliphatic hydroxyl groups is 1. The quantitative estimate of drug-likeness (QED) is 0.661. The maximum Gasteiger partial charge on any atom is 0.252 e. The molecule has 0 aliphatic rings. The van der Waals surface area contributed by atoms with Gasteiger partial charge in [0.05, 0.1) is 5.56 Å². The fourth-order valence-corrected chi connectivity index (χ4v) is 1.02. The Hall–Kier alpha value is -1.80. The van der Waals surface area contributed by atoms with Crippen molar-refractivity contribution in [3.63, 3.8) is 0 Å². The van der Waals surface area contributed by atoms with E-state index in [1.54, 1.807) is 0 Å². The van der Waals surface area contributed by atoms with E-state index < -0.39 is 0 Å². The van der Waals surface area contributed by atoms with Crippen LogP contribution in [0.5, 0.6) is 0 Å². The minimum absolute atomic E-state index is 0.0309. The lowest BCUT2D eigenvalue weighted by molar-refractivity contribution is 0.0942. The van der Waals surface area contributed by atoms with Crippen LogP contribution in [0.2, 0.25) is 0 Å². The van der Waals surface area contributed by atoms with Gasteiger partial charge in [0.25, 0.3) is 5.91 Å². The van der Waals surface area contributed by atoms with Crippen LogP contribution < -0.4 is 5.32 Å². The number of H-pyrrole nitrogens is 1. The van der Waals surface area contributed by atoms with Crippen molar-refractivity contribution in [2.45, 2.75) is 6.92 Å². The van der Waals surface area contributed by atoms with Gasteiger partial charge in [0.2, 0.25) is 0 Å². The largest absolute Gasteiger partial charge is 0.396 e. The molecular weight excluding hydrogens is 194 g/mol. The highest BCUT2D eigenvalue weighted by Gasteiger charge is 2.09. The highest BCUT2D eigenvalue weighted by Crippen LogP contribution is 2.02. The van der Waals surface area contributed by atoms with Crippen LogP contribution in [0.4, 0.5) is 0 Å². The summed E-state index contributed by atoms with van der Waals surface area (Å²) in [7, 11) is 0. The van der Waals surface area contributed by atoms with Gasteiger partial charge in [0, 0.05) is 19.3 Å². The highest BCUT2D eigenvalue weighted by atomic mass is 16.3. The molecule has 0 fully saturated rings. The minimum atomic E-state index is -0.243. The third kappa shape index (κ3) is 3.11. The Morgan fingerprint density at radius 3 is 3.07 bits per heavy atom. The summed E-state index contributed by atoms with van der Waals surface area (Å²) in [4.78, 5) is 14.1. The number of aromatic nitrogens is 1. The Kier molecular flexibility index (Phi) is 3.89. The maximum absolute atomic E-state index is 11.5. The lowest BCUT2D eigenvalue weighted by Crippen LogP contribution is -2.29. The minimum Gasteiger partial charge on any atom is -0.396 e. The Balaban J connectivity index is 2.51.